The van der Waals surface area contributed by atoms with E-state index in [2.05, 4.69) is 13.2 Å². The van der Waals surface area contributed by atoms with Gasteiger partial charge in [-0.2, -0.15) is 0 Å². The van der Waals surface area contributed by atoms with Crippen molar-refractivity contribution in [2.45, 2.75) is 45.0 Å². The molecule has 0 amide bonds. The fraction of sp³-hybridized carbons (Fsp3) is 0.429. The van der Waals surface area contributed by atoms with Gasteiger partial charge in [0.05, 0.1) is 5.92 Å². The Morgan fingerprint density at radius 1 is 1.31 bits per heavy atom. The molecule has 0 aromatic heterocycles. The van der Waals surface area contributed by atoms with Gasteiger partial charge in [0.2, 0.25) is 5.78 Å². The lowest BCUT2D eigenvalue weighted by Gasteiger charge is -2.31. The van der Waals surface area contributed by atoms with E-state index in [1.165, 1.54) is 19.9 Å². The molecule has 1 saturated heterocycles. The summed E-state index contributed by atoms with van der Waals surface area (Å²) in [5.74, 6) is -2.64. The molecule has 8 heteroatoms. The fourth-order valence-corrected chi connectivity index (χ4v) is 3.52. The zero-order chi connectivity index (χ0) is 21.5. The molecule has 8 nitrogen and oxygen atoms in total. The highest BCUT2D eigenvalue weighted by Crippen LogP contribution is 2.42. The van der Waals surface area contributed by atoms with Crippen molar-refractivity contribution in [3.05, 3.63) is 47.8 Å². The van der Waals surface area contributed by atoms with Crippen LogP contribution < -0.4 is 0 Å². The largest absolute Gasteiger partial charge is 0.479 e. The summed E-state index contributed by atoms with van der Waals surface area (Å²) in [4.78, 5) is 48.4. The van der Waals surface area contributed by atoms with Crippen LogP contribution in [0.5, 0.6) is 0 Å². The second-order valence-electron chi connectivity index (χ2n) is 7.53. The Hall–Kier alpha value is -3.16. The number of hydrogen-bond donors (Lipinski definition) is 0. The molecule has 2 bridgehead atoms. The van der Waals surface area contributed by atoms with Crippen LogP contribution in [0.2, 0.25) is 0 Å². The minimum absolute atomic E-state index is 0.0175. The van der Waals surface area contributed by atoms with Gasteiger partial charge in [-0.05, 0) is 19.9 Å². The first-order chi connectivity index (χ1) is 13.5. The predicted molar refractivity (Wildman–Crippen MR) is 99.1 cm³/mol. The van der Waals surface area contributed by atoms with Crippen molar-refractivity contribution in [2.24, 2.45) is 5.92 Å². The minimum Gasteiger partial charge on any atom is -0.479 e. The average Bonchev–Trinajstić information content (AvgIpc) is 3.07. The highest BCUT2D eigenvalue weighted by Gasteiger charge is 2.52. The fourth-order valence-electron chi connectivity index (χ4n) is 3.52. The zero-order valence-corrected chi connectivity index (χ0v) is 16.5. The normalized spacial score (nSPS) is 32.4. The van der Waals surface area contributed by atoms with Crippen molar-refractivity contribution in [1.29, 1.82) is 0 Å². The van der Waals surface area contributed by atoms with Crippen LogP contribution in [0.15, 0.2) is 47.8 Å². The third-order valence-corrected chi connectivity index (χ3v) is 5.09. The van der Waals surface area contributed by atoms with Crippen LogP contribution in [0, 0.1) is 5.92 Å². The summed E-state index contributed by atoms with van der Waals surface area (Å²) in [5, 5.41) is 0. The van der Waals surface area contributed by atoms with E-state index in [1.807, 2.05) is 0 Å². The average molecular weight is 402 g/mol. The third-order valence-electron chi connectivity index (χ3n) is 5.09. The summed E-state index contributed by atoms with van der Waals surface area (Å²) < 4.78 is 21.9. The Balaban J connectivity index is 2.07. The van der Waals surface area contributed by atoms with Gasteiger partial charge >= 0.3 is 17.9 Å². The molecule has 3 heterocycles. The molecule has 0 aromatic rings. The summed E-state index contributed by atoms with van der Waals surface area (Å²) >= 11 is 0. The second-order valence-corrected chi connectivity index (χ2v) is 7.53. The minimum atomic E-state index is -1.33. The Morgan fingerprint density at radius 2 is 2.00 bits per heavy atom. The first kappa shape index (κ1) is 20.6. The molecule has 0 saturated carbocycles. The van der Waals surface area contributed by atoms with Gasteiger partial charge < -0.3 is 18.9 Å². The summed E-state index contributed by atoms with van der Waals surface area (Å²) in [6.45, 7) is 11.5. The zero-order valence-electron chi connectivity index (χ0n) is 16.5. The molecule has 29 heavy (non-hydrogen) atoms. The van der Waals surface area contributed by atoms with Gasteiger partial charge in [-0.1, -0.05) is 13.2 Å². The van der Waals surface area contributed by atoms with Gasteiger partial charge in [-0.3, -0.25) is 9.59 Å². The lowest BCUT2D eigenvalue weighted by atomic mass is 9.82. The van der Waals surface area contributed by atoms with Crippen LogP contribution in [-0.4, -0.2) is 48.1 Å². The topological polar surface area (TPSA) is 105 Å². The standard InChI is InChI=1S/C21H22O8/c1-10(2)19(24)28-16-8-21(5)17(23)7-14(29-21)13(9-26-12(4)22)6-15-18(16)11(3)20(25)27-15/h6-7,15-16,18H,1,3,8-9H2,2,4-5H3/b13-6-/t15-,16+,18?,21-/m1/s1. The number of fused-ring (bicyclic) bond motifs is 3. The van der Waals surface area contributed by atoms with Crippen LogP contribution in [0.1, 0.15) is 27.2 Å². The Bertz CT molecular complexity index is 892. The smallest absolute Gasteiger partial charge is 0.334 e. The van der Waals surface area contributed by atoms with E-state index < -0.39 is 41.6 Å². The van der Waals surface area contributed by atoms with Crippen molar-refractivity contribution < 1.29 is 38.1 Å². The maximum absolute atomic E-state index is 12.7. The van der Waals surface area contributed by atoms with Gasteiger partial charge in [0, 0.05) is 36.1 Å². The van der Waals surface area contributed by atoms with E-state index in [0.29, 0.717) is 5.57 Å². The number of ketones is 1. The summed E-state index contributed by atoms with van der Waals surface area (Å²) in [6, 6.07) is 0. The molecule has 154 valence electrons. The van der Waals surface area contributed by atoms with Crippen LogP contribution in [-0.2, 0) is 38.1 Å². The van der Waals surface area contributed by atoms with Crippen molar-refractivity contribution in [3.8, 4) is 0 Å². The number of hydrogen-bond acceptors (Lipinski definition) is 8. The van der Waals surface area contributed by atoms with Gasteiger partial charge in [-0.25, -0.2) is 9.59 Å². The Kier molecular flexibility index (Phi) is 5.21. The van der Waals surface area contributed by atoms with E-state index in [4.69, 9.17) is 18.9 Å². The summed E-state index contributed by atoms with van der Waals surface area (Å²) in [6.07, 6.45) is 1.08. The molecule has 3 aliphatic heterocycles. The third kappa shape index (κ3) is 3.87. The van der Waals surface area contributed by atoms with Crippen molar-refractivity contribution in [3.63, 3.8) is 0 Å². The van der Waals surface area contributed by atoms with Gasteiger partial charge in [-0.15, -0.1) is 0 Å². The van der Waals surface area contributed by atoms with Crippen LogP contribution >= 0.6 is 0 Å². The molecular weight excluding hydrogens is 380 g/mol. The van der Waals surface area contributed by atoms with E-state index in [9.17, 15) is 19.2 Å². The molecule has 1 fully saturated rings. The molecule has 0 N–H and O–H groups in total. The molecule has 3 aliphatic rings. The number of esters is 3. The number of carbonyl (C=O) groups excluding carboxylic acids is 4. The molecule has 0 aliphatic carbocycles. The first-order valence-corrected chi connectivity index (χ1v) is 9.07. The molecular formula is C21H22O8. The van der Waals surface area contributed by atoms with Gasteiger partial charge in [0.1, 0.15) is 24.6 Å². The highest BCUT2D eigenvalue weighted by molar-refractivity contribution is 6.00. The Labute approximate surface area is 167 Å². The van der Waals surface area contributed by atoms with Crippen LogP contribution in [0.25, 0.3) is 0 Å². The van der Waals surface area contributed by atoms with Gasteiger partial charge in [0.25, 0.3) is 0 Å². The van der Waals surface area contributed by atoms with E-state index >= 15 is 0 Å². The molecule has 4 atom stereocenters. The first-order valence-electron chi connectivity index (χ1n) is 9.07. The SMILES string of the molecule is C=C(C)C(=O)O[C@H]1C[C@@]2(C)OC(=CC2=O)/C(COC(C)=O)=C\[C@H]2OC(=O)C(=C)C12. The maximum atomic E-state index is 12.7. The second kappa shape index (κ2) is 7.35. The summed E-state index contributed by atoms with van der Waals surface area (Å²) in [7, 11) is 0. The molecule has 3 rings (SSSR count). The van der Waals surface area contributed by atoms with Gasteiger partial charge in [0.15, 0.2) is 5.60 Å². The number of rotatable bonds is 4. The van der Waals surface area contributed by atoms with Crippen molar-refractivity contribution in [2.75, 3.05) is 6.61 Å². The van der Waals surface area contributed by atoms with E-state index in [1.54, 1.807) is 13.0 Å². The van der Waals surface area contributed by atoms with E-state index in [0.717, 1.165) is 0 Å². The monoisotopic (exact) mass is 402 g/mol. The molecule has 0 aromatic carbocycles. The van der Waals surface area contributed by atoms with Crippen molar-refractivity contribution in [1.82, 2.24) is 0 Å². The lowest BCUT2D eigenvalue weighted by molar-refractivity contribution is -0.153. The molecule has 1 unspecified atom stereocenters. The quantitative estimate of drug-likeness (QED) is 0.398. The maximum Gasteiger partial charge on any atom is 0.334 e. The number of carbonyl (C=O) groups is 4. The molecule has 0 spiro atoms. The number of ether oxygens (including phenoxy) is 4. The Morgan fingerprint density at radius 3 is 2.62 bits per heavy atom. The molecule has 0 radical (unpaired) electrons. The van der Waals surface area contributed by atoms with Crippen LogP contribution in [0.3, 0.4) is 0 Å². The van der Waals surface area contributed by atoms with Crippen molar-refractivity contribution >= 4 is 23.7 Å². The predicted octanol–water partition coefficient (Wildman–Crippen LogP) is 1.71. The highest BCUT2D eigenvalue weighted by atomic mass is 16.6. The van der Waals surface area contributed by atoms with Crippen LogP contribution in [0.4, 0.5) is 0 Å². The van der Waals surface area contributed by atoms with E-state index in [-0.39, 0.29) is 35.7 Å². The summed E-state index contributed by atoms with van der Waals surface area (Å²) in [5.41, 5.74) is -0.654. The lowest BCUT2D eigenvalue weighted by Crippen LogP contribution is -2.42.